The molecule has 0 aliphatic carbocycles. The lowest BCUT2D eigenvalue weighted by atomic mass is 10.3. The first-order chi connectivity index (χ1) is 7.91. The number of sulfonamides is 1. The molecule has 4 nitrogen and oxygen atoms in total. The van der Waals surface area contributed by atoms with Gasteiger partial charge >= 0.3 is 0 Å². The Morgan fingerprint density at radius 1 is 1.47 bits per heavy atom. The van der Waals surface area contributed by atoms with Crippen molar-refractivity contribution in [3.63, 3.8) is 0 Å². The predicted octanol–water partition coefficient (Wildman–Crippen LogP) is 1.31. The van der Waals surface area contributed by atoms with Crippen LogP contribution < -0.4 is 5.73 Å². The molecular formula is C10H12BrFN2O2S. The molecule has 0 spiro atoms. The van der Waals surface area contributed by atoms with E-state index in [1.54, 1.807) is 0 Å². The smallest absolute Gasteiger partial charge is 0.246 e. The number of hydrogen-bond donors (Lipinski definition) is 1. The highest BCUT2D eigenvalue weighted by Gasteiger charge is 2.32. The topological polar surface area (TPSA) is 63.4 Å². The second-order valence-corrected chi connectivity index (χ2v) is 6.81. The van der Waals surface area contributed by atoms with Crippen molar-refractivity contribution in [3.8, 4) is 0 Å². The molecule has 17 heavy (non-hydrogen) atoms. The summed E-state index contributed by atoms with van der Waals surface area (Å²) in [5.41, 5.74) is 5.65. The molecule has 2 rings (SSSR count). The highest BCUT2D eigenvalue weighted by Crippen LogP contribution is 2.24. The second kappa shape index (κ2) is 4.64. The molecule has 0 aromatic heterocycles. The van der Waals surface area contributed by atoms with Crippen LogP contribution in [0.1, 0.15) is 6.42 Å². The van der Waals surface area contributed by atoms with Gasteiger partial charge in [-0.1, -0.05) is 15.9 Å². The van der Waals surface area contributed by atoms with Gasteiger partial charge in [-0.05, 0) is 24.6 Å². The summed E-state index contributed by atoms with van der Waals surface area (Å²) in [4.78, 5) is -0.296. The average molecular weight is 323 g/mol. The second-order valence-electron chi connectivity index (χ2n) is 3.99. The Kier molecular flexibility index (Phi) is 3.53. The highest BCUT2D eigenvalue weighted by molar-refractivity contribution is 9.10. The van der Waals surface area contributed by atoms with Crippen LogP contribution in [-0.2, 0) is 10.0 Å². The van der Waals surface area contributed by atoms with Crippen LogP contribution >= 0.6 is 15.9 Å². The fourth-order valence-electron chi connectivity index (χ4n) is 1.80. The van der Waals surface area contributed by atoms with Gasteiger partial charge in [-0.15, -0.1) is 0 Å². The van der Waals surface area contributed by atoms with Gasteiger partial charge in [0.15, 0.2) is 0 Å². The minimum atomic E-state index is -3.76. The van der Waals surface area contributed by atoms with E-state index in [1.807, 2.05) is 0 Å². The van der Waals surface area contributed by atoms with E-state index in [1.165, 1.54) is 16.4 Å². The summed E-state index contributed by atoms with van der Waals surface area (Å²) in [7, 11) is -3.76. The minimum Gasteiger partial charge on any atom is -0.326 e. The maximum atomic E-state index is 13.6. The third-order valence-electron chi connectivity index (χ3n) is 2.70. The van der Waals surface area contributed by atoms with Crippen molar-refractivity contribution >= 4 is 26.0 Å². The Morgan fingerprint density at radius 2 is 2.18 bits per heavy atom. The van der Waals surface area contributed by atoms with Gasteiger partial charge in [-0.3, -0.25) is 0 Å². The first kappa shape index (κ1) is 12.9. The number of rotatable bonds is 2. The SMILES string of the molecule is NC1CCN(S(=O)(=O)c2ccc(Br)cc2F)C1. The van der Waals surface area contributed by atoms with Gasteiger partial charge in [0.1, 0.15) is 10.7 Å². The molecule has 1 unspecified atom stereocenters. The number of halogens is 2. The Labute approximate surface area is 108 Å². The van der Waals surface area contributed by atoms with Crippen molar-refractivity contribution in [3.05, 3.63) is 28.5 Å². The van der Waals surface area contributed by atoms with Crippen LogP contribution in [0.25, 0.3) is 0 Å². The lowest BCUT2D eigenvalue weighted by molar-refractivity contribution is 0.465. The third kappa shape index (κ3) is 2.52. The standard InChI is InChI=1S/C10H12BrFN2O2S/c11-7-1-2-10(9(12)5-7)17(15,16)14-4-3-8(13)6-14/h1-2,5,8H,3-4,6,13H2. The summed E-state index contributed by atoms with van der Waals surface area (Å²) in [5.74, 6) is -0.750. The van der Waals surface area contributed by atoms with E-state index in [4.69, 9.17) is 5.73 Å². The molecule has 1 heterocycles. The van der Waals surface area contributed by atoms with E-state index in [0.717, 1.165) is 6.07 Å². The van der Waals surface area contributed by atoms with Gasteiger partial charge in [0, 0.05) is 23.6 Å². The van der Waals surface area contributed by atoms with Crippen LogP contribution in [0.3, 0.4) is 0 Å². The van der Waals surface area contributed by atoms with Gasteiger partial charge in [0.2, 0.25) is 10.0 Å². The molecule has 1 saturated heterocycles. The van der Waals surface area contributed by atoms with Crippen LogP contribution in [0.4, 0.5) is 4.39 Å². The molecule has 0 radical (unpaired) electrons. The molecule has 7 heteroatoms. The monoisotopic (exact) mass is 322 g/mol. The van der Waals surface area contributed by atoms with Crippen molar-refractivity contribution in [2.24, 2.45) is 5.73 Å². The quantitative estimate of drug-likeness (QED) is 0.893. The van der Waals surface area contributed by atoms with E-state index in [-0.39, 0.29) is 17.5 Å². The van der Waals surface area contributed by atoms with Gasteiger partial charge in [0.05, 0.1) is 0 Å². The zero-order chi connectivity index (χ0) is 12.6. The van der Waals surface area contributed by atoms with Crippen molar-refractivity contribution in [1.29, 1.82) is 0 Å². The molecule has 1 aliphatic rings. The van der Waals surface area contributed by atoms with Crippen molar-refractivity contribution < 1.29 is 12.8 Å². The minimum absolute atomic E-state index is 0.164. The number of benzene rings is 1. The van der Waals surface area contributed by atoms with Crippen LogP contribution in [0.15, 0.2) is 27.6 Å². The number of nitrogens with two attached hydrogens (primary N) is 1. The maximum absolute atomic E-state index is 13.6. The summed E-state index contributed by atoms with van der Waals surface area (Å²) in [6, 6.07) is 3.75. The third-order valence-corrected chi connectivity index (χ3v) is 5.09. The molecular weight excluding hydrogens is 311 g/mol. The average Bonchev–Trinajstić information content (AvgIpc) is 2.64. The van der Waals surface area contributed by atoms with Crippen LogP contribution in [0, 0.1) is 5.82 Å². The molecule has 1 fully saturated rings. The van der Waals surface area contributed by atoms with E-state index in [0.29, 0.717) is 17.4 Å². The molecule has 2 N–H and O–H groups in total. The summed E-state index contributed by atoms with van der Waals surface area (Å²) < 4.78 is 39.6. The fraction of sp³-hybridized carbons (Fsp3) is 0.400. The molecule has 1 atom stereocenters. The number of hydrogen-bond acceptors (Lipinski definition) is 3. The van der Waals surface area contributed by atoms with Gasteiger partial charge in [-0.2, -0.15) is 4.31 Å². The van der Waals surface area contributed by atoms with Gasteiger partial charge in [-0.25, -0.2) is 12.8 Å². The predicted molar refractivity (Wildman–Crippen MR) is 65.5 cm³/mol. The lowest BCUT2D eigenvalue weighted by Gasteiger charge is -2.16. The Balaban J connectivity index is 2.38. The fourth-order valence-corrected chi connectivity index (χ4v) is 3.69. The van der Waals surface area contributed by atoms with Crippen LogP contribution in [0.5, 0.6) is 0 Å². The Bertz CT molecular complexity index is 535. The summed E-state index contributed by atoms with van der Waals surface area (Å²) in [5, 5.41) is 0. The molecule has 94 valence electrons. The van der Waals surface area contributed by atoms with Gasteiger partial charge in [0.25, 0.3) is 0 Å². The molecule has 0 bridgehead atoms. The summed E-state index contributed by atoms with van der Waals surface area (Å²) in [6.45, 7) is 0.594. The van der Waals surface area contributed by atoms with E-state index in [2.05, 4.69) is 15.9 Å². The van der Waals surface area contributed by atoms with Crippen LogP contribution in [-0.4, -0.2) is 31.9 Å². The van der Waals surface area contributed by atoms with Gasteiger partial charge < -0.3 is 5.73 Å². The molecule has 1 aliphatic heterocycles. The summed E-state index contributed by atoms with van der Waals surface area (Å²) in [6.07, 6.45) is 0.609. The normalized spacial score (nSPS) is 21.9. The zero-order valence-corrected chi connectivity index (χ0v) is 11.3. The van der Waals surface area contributed by atoms with Crippen molar-refractivity contribution in [1.82, 2.24) is 4.31 Å². The highest BCUT2D eigenvalue weighted by atomic mass is 79.9. The van der Waals surface area contributed by atoms with E-state index >= 15 is 0 Å². The molecule has 1 aromatic carbocycles. The molecule has 0 amide bonds. The lowest BCUT2D eigenvalue weighted by Crippen LogP contribution is -2.32. The van der Waals surface area contributed by atoms with E-state index in [9.17, 15) is 12.8 Å². The van der Waals surface area contributed by atoms with Crippen molar-refractivity contribution in [2.75, 3.05) is 13.1 Å². The first-order valence-corrected chi connectivity index (χ1v) is 7.35. The largest absolute Gasteiger partial charge is 0.326 e. The maximum Gasteiger partial charge on any atom is 0.246 e. The molecule has 0 saturated carbocycles. The molecule has 1 aromatic rings. The van der Waals surface area contributed by atoms with E-state index < -0.39 is 15.8 Å². The Morgan fingerprint density at radius 3 is 2.71 bits per heavy atom. The van der Waals surface area contributed by atoms with Crippen LogP contribution in [0.2, 0.25) is 0 Å². The van der Waals surface area contributed by atoms with Crippen molar-refractivity contribution in [2.45, 2.75) is 17.4 Å². The number of nitrogens with zero attached hydrogens (tertiary/aromatic N) is 1. The summed E-state index contributed by atoms with van der Waals surface area (Å²) >= 11 is 3.09. The first-order valence-electron chi connectivity index (χ1n) is 5.12. The zero-order valence-electron chi connectivity index (χ0n) is 8.94. The Hall–Kier alpha value is -0.500.